The Labute approximate surface area is 197 Å². The van der Waals surface area contributed by atoms with E-state index in [-0.39, 0.29) is 33.0 Å². The SMILES string of the molecule is O=C(NNS(=O)(=O)c1ccccc1Cl)c1ccc(-c2nnc(-c3ccc([N+](=O)[O-])cc3)o2)cc1. The second-order valence-electron chi connectivity index (χ2n) is 6.78. The van der Waals surface area contributed by atoms with E-state index in [9.17, 15) is 23.3 Å². The number of rotatable bonds is 7. The summed E-state index contributed by atoms with van der Waals surface area (Å²) in [5.41, 5.74) is 3.25. The minimum atomic E-state index is -4.06. The lowest BCUT2D eigenvalue weighted by atomic mass is 10.1. The Kier molecular flexibility index (Phi) is 6.36. The third-order valence-electron chi connectivity index (χ3n) is 4.57. The Bertz CT molecular complexity index is 1470. The molecule has 4 aromatic rings. The number of aromatic nitrogens is 2. The van der Waals surface area contributed by atoms with E-state index in [1.165, 1.54) is 54.6 Å². The van der Waals surface area contributed by atoms with Crippen molar-refractivity contribution in [3.8, 4) is 22.9 Å². The molecular formula is C21H14ClN5O6S. The molecule has 0 aliphatic heterocycles. The fourth-order valence-corrected chi connectivity index (χ4v) is 4.21. The topological polar surface area (TPSA) is 157 Å². The van der Waals surface area contributed by atoms with Gasteiger partial charge in [0, 0.05) is 28.8 Å². The van der Waals surface area contributed by atoms with Crippen molar-refractivity contribution in [1.82, 2.24) is 20.5 Å². The number of nitrogens with zero attached hydrogens (tertiary/aromatic N) is 3. The summed E-state index contributed by atoms with van der Waals surface area (Å²) in [5.74, 6) is -0.361. The molecule has 172 valence electrons. The molecule has 0 saturated heterocycles. The predicted molar refractivity (Wildman–Crippen MR) is 121 cm³/mol. The van der Waals surface area contributed by atoms with Crippen molar-refractivity contribution in [2.45, 2.75) is 4.90 Å². The highest BCUT2D eigenvalue weighted by Gasteiger charge is 2.19. The summed E-state index contributed by atoms with van der Waals surface area (Å²) in [4.78, 5) is 24.4. The number of benzene rings is 3. The molecule has 3 aromatic carbocycles. The maximum absolute atomic E-state index is 12.3. The van der Waals surface area contributed by atoms with Gasteiger partial charge in [-0.15, -0.1) is 15.0 Å². The van der Waals surface area contributed by atoms with Gasteiger partial charge >= 0.3 is 0 Å². The van der Waals surface area contributed by atoms with E-state index >= 15 is 0 Å². The van der Waals surface area contributed by atoms with Crippen LogP contribution in [0.3, 0.4) is 0 Å². The number of nitro benzene ring substituents is 1. The number of nitrogens with one attached hydrogen (secondary N) is 2. The molecule has 4 rings (SSSR count). The molecule has 0 atom stereocenters. The van der Waals surface area contributed by atoms with Crippen LogP contribution in [0.25, 0.3) is 22.9 Å². The first-order chi connectivity index (χ1) is 16.2. The third kappa shape index (κ3) is 4.93. The molecule has 0 saturated carbocycles. The van der Waals surface area contributed by atoms with Crippen LogP contribution < -0.4 is 10.3 Å². The highest BCUT2D eigenvalue weighted by atomic mass is 35.5. The van der Waals surface area contributed by atoms with Crippen LogP contribution in [0.1, 0.15) is 10.4 Å². The molecule has 0 fully saturated rings. The Morgan fingerprint density at radius 3 is 2.03 bits per heavy atom. The molecule has 1 aromatic heterocycles. The van der Waals surface area contributed by atoms with Crippen molar-refractivity contribution in [1.29, 1.82) is 0 Å². The molecule has 0 bridgehead atoms. The van der Waals surface area contributed by atoms with Crippen molar-refractivity contribution >= 4 is 33.2 Å². The fourth-order valence-electron chi connectivity index (χ4n) is 2.85. The largest absolute Gasteiger partial charge is 0.416 e. The number of halogens is 1. The van der Waals surface area contributed by atoms with Gasteiger partial charge in [-0.1, -0.05) is 23.7 Å². The van der Waals surface area contributed by atoms with Crippen LogP contribution in [0.2, 0.25) is 5.02 Å². The molecular weight excluding hydrogens is 486 g/mol. The molecule has 34 heavy (non-hydrogen) atoms. The highest BCUT2D eigenvalue weighted by molar-refractivity contribution is 7.89. The first-order valence-electron chi connectivity index (χ1n) is 9.50. The summed E-state index contributed by atoms with van der Waals surface area (Å²) in [6.45, 7) is 0. The Balaban J connectivity index is 1.44. The van der Waals surface area contributed by atoms with Gasteiger partial charge in [-0.3, -0.25) is 20.3 Å². The normalized spacial score (nSPS) is 11.2. The van der Waals surface area contributed by atoms with Crippen LogP contribution in [0.5, 0.6) is 0 Å². The van der Waals surface area contributed by atoms with E-state index in [2.05, 4.69) is 15.6 Å². The minimum absolute atomic E-state index is 0.0151. The zero-order chi connectivity index (χ0) is 24.3. The van der Waals surface area contributed by atoms with Gasteiger partial charge in [-0.2, -0.15) is 0 Å². The average Bonchev–Trinajstić information content (AvgIpc) is 3.33. The maximum atomic E-state index is 12.3. The number of amides is 1. The van der Waals surface area contributed by atoms with E-state index in [4.69, 9.17) is 16.0 Å². The van der Waals surface area contributed by atoms with Crippen LogP contribution in [-0.4, -0.2) is 29.4 Å². The summed E-state index contributed by atoms with van der Waals surface area (Å²) in [6.07, 6.45) is 0. The van der Waals surface area contributed by atoms with Crippen LogP contribution >= 0.6 is 11.6 Å². The molecule has 0 spiro atoms. The Hall–Kier alpha value is -4.13. The van der Waals surface area contributed by atoms with Gasteiger partial charge in [-0.05, 0) is 48.5 Å². The monoisotopic (exact) mass is 499 g/mol. The van der Waals surface area contributed by atoms with Gasteiger partial charge in [0.2, 0.25) is 11.8 Å². The molecule has 1 heterocycles. The Morgan fingerprint density at radius 2 is 1.47 bits per heavy atom. The smallest absolute Gasteiger partial charge is 0.269 e. The lowest BCUT2D eigenvalue weighted by molar-refractivity contribution is -0.384. The quantitative estimate of drug-likeness (QED) is 0.288. The van der Waals surface area contributed by atoms with E-state index in [1.54, 1.807) is 18.2 Å². The van der Waals surface area contributed by atoms with E-state index in [1.807, 2.05) is 4.83 Å². The Morgan fingerprint density at radius 1 is 0.912 bits per heavy atom. The summed E-state index contributed by atoms with van der Waals surface area (Å²) >= 11 is 5.90. The zero-order valence-electron chi connectivity index (χ0n) is 17.0. The van der Waals surface area contributed by atoms with Crippen LogP contribution in [0, 0.1) is 10.1 Å². The van der Waals surface area contributed by atoms with Crippen molar-refractivity contribution in [3.63, 3.8) is 0 Å². The number of carbonyl (C=O) groups is 1. The fraction of sp³-hybridized carbons (Fsp3) is 0. The van der Waals surface area contributed by atoms with Gasteiger partial charge < -0.3 is 4.42 Å². The molecule has 13 heteroatoms. The number of hydrazine groups is 1. The zero-order valence-corrected chi connectivity index (χ0v) is 18.6. The lowest BCUT2D eigenvalue weighted by Gasteiger charge is -2.09. The summed E-state index contributed by atoms with van der Waals surface area (Å²) in [7, 11) is -4.06. The number of hydrogen-bond donors (Lipinski definition) is 2. The predicted octanol–water partition coefficient (Wildman–Crippen LogP) is 3.59. The summed E-state index contributed by atoms with van der Waals surface area (Å²) in [5, 5.41) is 18.7. The van der Waals surface area contributed by atoms with Gasteiger partial charge in [0.05, 0.1) is 9.95 Å². The van der Waals surface area contributed by atoms with E-state index in [0.29, 0.717) is 11.1 Å². The number of hydrogen-bond acceptors (Lipinski definition) is 8. The first-order valence-corrected chi connectivity index (χ1v) is 11.4. The molecule has 2 N–H and O–H groups in total. The van der Waals surface area contributed by atoms with E-state index < -0.39 is 20.9 Å². The van der Waals surface area contributed by atoms with Crippen molar-refractivity contribution in [3.05, 3.63) is 93.5 Å². The van der Waals surface area contributed by atoms with Crippen LogP contribution in [0.4, 0.5) is 5.69 Å². The maximum Gasteiger partial charge on any atom is 0.269 e. The second kappa shape index (κ2) is 9.39. The second-order valence-corrected chi connectivity index (χ2v) is 8.84. The van der Waals surface area contributed by atoms with Crippen LogP contribution in [-0.2, 0) is 10.0 Å². The van der Waals surface area contributed by atoms with Crippen LogP contribution in [0.15, 0.2) is 82.1 Å². The van der Waals surface area contributed by atoms with Gasteiger partial charge in [0.25, 0.3) is 21.6 Å². The minimum Gasteiger partial charge on any atom is -0.416 e. The lowest BCUT2D eigenvalue weighted by Crippen LogP contribution is -2.41. The summed E-state index contributed by atoms with van der Waals surface area (Å²) < 4.78 is 30.3. The number of nitro groups is 1. The number of sulfonamides is 1. The van der Waals surface area contributed by atoms with Crippen molar-refractivity contribution in [2.75, 3.05) is 0 Å². The first kappa shape index (κ1) is 23.0. The average molecular weight is 500 g/mol. The summed E-state index contributed by atoms with van der Waals surface area (Å²) in [6, 6.07) is 17.4. The molecule has 11 nitrogen and oxygen atoms in total. The molecule has 0 aliphatic rings. The van der Waals surface area contributed by atoms with Gasteiger partial charge in [0.1, 0.15) is 4.90 Å². The van der Waals surface area contributed by atoms with Gasteiger partial charge in [0.15, 0.2) is 0 Å². The van der Waals surface area contributed by atoms with E-state index in [0.717, 1.165) is 0 Å². The standard InChI is InChI=1S/C21H14ClN5O6S/c22-17-3-1-2-4-18(17)34(31,32)26-23-19(28)13-5-7-14(8-6-13)20-24-25-21(33-20)15-9-11-16(12-10-15)27(29)30/h1-12,26H,(H,23,28). The van der Waals surface area contributed by atoms with Crippen molar-refractivity contribution < 1.29 is 22.6 Å². The van der Waals surface area contributed by atoms with Crippen molar-refractivity contribution in [2.24, 2.45) is 0 Å². The number of non-ortho nitro benzene ring substituents is 1. The molecule has 0 aliphatic carbocycles. The van der Waals surface area contributed by atoms with Gasteiger partial charge in [-0.25, -0.2) is 8.42 Å². The third-order valence-corrected chi connectivity index (χ3v) is 6.32. The number of carbonyl (C=O) groups excluding carboxylic acids is 1. The molecule has 0 unspecified atom stereocenters. The highest BCUT2D eigenvalue weighted by Crippen LogP contribution is 2.25. The molecule has 0 radical (unpaired) electrons. The molecule has 1 amide bonds.